The molecule has 6 heteroatoms. The molecule has 2 rings (SSSR count). The molecule has 0 aliphatic heterocycles. The van der Waals surface area contributed by atoms with Crippen LogP contribution in [0.4, 0.5) is 0 Å². The van der Waals surface area contributed by atoms with Crippen molar-refractivity contribution in [2.24, 2.45) is 5.84 Å². The molecule has 0 fully saturated rings. The van der Waals surface area contributed by atoms with Gasteiger partial charge in [-0.3, -0.25) is 11.3 Å². The normalized spacial score (nSPS) is 12.7. The molecular formula is C12H11BrCl2N2S. The molecule has 0 saturated heterocycles. The summed E-state index contributed by atoms with van der Waals surface area (Å²) < 4.78 is 1.73. The topological polar surface area (TPSA) is 38.0 Å². The maximum atomic E-state index is 6.23. The van der Waals surface area contributed by atoms with Crippen LogP contribution in [0.15, 0.2) is 34.8 Å². The summed E-state index contributed by atoms with van der Waals surface area (Å²) in [5.74, 6) is 5.62. The number of rotatable bonds is 4. The molecule has 1 unspecified atom stereocenters. The predicted molar refractivity (Wildman–Crippen MR) is 82.2 cm³/mol. The molecule has 2 nitrogen and oxygen atoms in total. The van der Waals surface area contributed by atoms with Crippen molar-refractivity contribution in [3.63, 3.8) is 0 Å². The number of benzene rings is 1. The van der Waals surface area contributed by atoms with Gasteiger partial charge < -0.3 is 0 Å². The first-order valence-corrected chi connectivity index (χ1v) is 7.62. The Kier molecular flexibility index (Phi) is 5.06. The molecule has 0 spiro atoms. The summed E-state index contributed by atoms with van der Waals surface area (Å²) in [4.78, 5) is 1.17. The minimum absolute atomic E-state index is 0.0275. The minimum Gasteiger partial charge on any atom is -0.271 e. The molecule has 96 valence electrons. The zero-order valence-electron chi connectivity index (χ0n) is 9.29. The highest BCUT2D eigenvalue weighted by Gasteiger charge is 2.15. The highest BCUT2D eigenvalue weighted by atomic mass is 79.9. The molecule has 1 atom stereocenters. The van der Waals surface area contributed by atoms with Gasteiger partial charge in [-0.25, -0.2) is 0 Å². The van der Waals surface area contributed by atoms with Gasteiger partial charge in [0.2, 0.25) is 0 Å². The van der Waals surface area contributed by atoms with Crippen molar-refractivity contribution in [2.75, 3.05) is 0 Å². The van der Waals surface area contributed by atoms with Gasteiger partial charge in [-0.2, -0.15) is 0 Å². The predicted octanol–water partition coefficient (Wildman–Crippen LogP) is 4.56. The van der Waals surface area contributed by atoms with E-state index in [1.165, 1.54) is 4.88 Å². The first-order chi connectivity index (χ1) is 8.60. The lowest BCUT2D eigenvalue weighted by atomic mass is 10.0. The Morgan fingerprint density at radius 2 is 2.06 bits per heavy atom. The Bertz CT molecular complexity index is 545. The largest absolute Gasteiger partial charge is 0.271 e. The minimum atomic E-state index is -0.0275. The summed E-state index contributed by atoms with van der Waals surface area (Å²) >= 11 is 17.1. The van der Waals surface area contributed by atoms with Crippen LogP contribution < -0.4 is 11.3 Å². The second-order valence-corrected chi connectivity index (χ2v) is 6.92. The summed E-state index contributed by atoms with van der Waals surface area (Å²) in [6.45, 7) is 0. The van der Waals surface area contributed by atoms with Gasteiger partial charge >= 0.3 is 0 Å². The standard InChI is InChI=1S/C12H11BrCl2N2S/c13-7-1-3-9(10(14)5-7)11(17-16)6-8-2-4-12(15)18-8/h1-5,11,17H,6,16H2. The molecule has 0 radical (unpaired) electrons. The molecule has 18 heavy (non-hydrogen) atoms. The van der Waals surface area contributed by atoms with E-state index in [1.807, 2.05) is 30.3 Å². The van der Waals surface area contributed by atoms with Gasteiger partial charge in [0.15, 0.2) is 0 Å². The van der Waals surface area contributed by atoms with Crippen molar-refractivity contribution in [3.8, 4) is 0 Å². The van der Waals surface area contributed by atoms with Crippen LogP contribution in [0.3, 0.4) is 0 Å². The van der Waals surface area contributed by atoms with E-state index >= 15 is 0 Å². The van der Waals surface area contributed by atoms with E-state index in [0.29, 0.717) is 5.02 Å². The molecular weight excluding hydrogens is 355 g/mol. The maximum absolute atomic E-state index is 6.23. The maximum Gasteiger partial charge on any atom is 0.0931 e. The van der Waals surface area contributed by atoms with E-state index in [0.717, 1.165) is 20.8 Å². The number of hydrogen-bond acceptors (Lipinski definition) is 3. The van der Waals surface area contributed by atoms with E-state index in [1.54, 1.807) is 11.3 Å². The highest BCUT2D eigenvalue weighted by Crippen LogP contribution is 2.30. The molecule has 0 bridgehead atoms. The molecule has 3 N–H and O–H groups in total. The van der Waals surface area contributed by atoms with E-state index in [2.05, 4.69) is 21.4 Å². The van der Waals surface area contributed by atoms with Crippen LogP contribution in [-0.4, -0.2) is 0 Å². The third kappa shape index (κ3) is 3.47. The molecule has 1 aromatic heterocycles. The van der Waals surface area contributed by atoms with Gasteiger partial charge in [0.05, 0.1) is 10.4 Å². The fourth-order valence-electron chi connectivity index (χ4n) is 1.71. The van der Waals surface area contributed by atoms with Gasteiger partial charge in [-0.1, -0.05) is 45.2 Å². The quantitative estimate of drug-likeness (QED) is 0.615. The van der Waals surface area contributed by atoms with Crippen LogP contribution in [-0.2, 0) is 6.42 Å². The monoisotopic (exact) mass is 364 g/mol. The van der Waals surface area contributed by atoms with E-state index in [4.69, 9.17) is 29.0 Å². The lowest BCUT2D eigenvalue weighted by molar-refractivity contribution is 0.556. The van der Waals surface area contributed by atoms with Crippen molar-refractivity contribution in [2.45, 2.75) is 12.5 Å². The fraction of sp³-hybridized carbons (Fsp3) is 0.167. The Morgan fingerprint density at radius 3 is 2.61 bits per heavy atom. The number of nitrogens with one attached hydrogen (secondary N) is 1. The third-order valence-electron chi connectivity index (χ3n) is 2.57. The fourth-order valence-corrected chi connectivity index (χ4v) is 3.64. The summed E-state index contributed by atoms with van der Waals surface area (Å²) in [6.07, 6.45) is 0.759. The van der Waals surface area contributed by atoms with Gasteiger partial charge in [0.25, 0.3) is 0 Å². The Balaban J connectivity index is 2.22. The zero-order chi connectivity index (χ0) is 13.1. The van der Waals surface area contributed by atoms with Crippen molar-refractivity contribution >= 4 is 50.5 Å². The lowest BCUT2D eigenvalue weighted by Crippen LogP contribution is -2.29. The molecule has 0 aliphatic rings. The van der Waals surface area contributed by atoms with Crippen LogP contribution in [0.5, 0.6) is 0 Å². The van der Waals surface area contributed by atoms with Gasteiger partial charge in [-0.15, -0.1) is 11.3 Å². The van der Waals surface area contributed by atoms with E-state index in [9.17, 15) is 0 Å². The average molecular weight is 366 g/mol. The van der Waals surface area contributed by atoms with Gasteiger partial charge in [0, 0.05) is 20.8 Å². The molecule has 0 saturated carbocycles. The number of halogens is 3. The Morgan fingerprint density at radius 1 is 1.28 bits per heavy atom. The number of hydrogen-bond donors (Lipinski definition) is 2. The number of thiophene rings is 1. The van der Waals surface area contributed by atoms with Crippen molar-refractivity contribution in [1.29, 1.82) is 0 Å². The molecule has 1 aromatic carbocycles. The second kappa shape index (κ2) is 6.37. The van der Waals surface area contributed by atoms with Crippen LogP contribution in [0.1, 0.15) is 16.5 Å². The van der Waals surface area contributed by atoms with Crippen LogP contribution in [0.25, 0.3) is 0 Å². The van der Waals surface area contributed by atoms with Crippen LogP contribution >= 0.6 is 50.5 Å². The van der Waals surface area contributed by atoms with Crippen LogP contribution in [0.2, 0.25) is 9.36 Å². The Hall–Kier alpha value is -0.100. The summed E-state index contributed by atoms with van der Waals surface area (Å²) in [6, 6.07) is 9.64. The first-order valence-electron chi connectivity index (χ1n) is 5.25. The summed E-state index contributed by atoms with van der Waals surface area (Å²) in [5, 5.41) is 0.690. The third-order valence-corrected chi connectivity index (χ3v) is 4.65. The Labute approximate surface area is 128 Å². The smallest absolute Gasteiger partial charge is 0.0931 e. The molecule has 0 amide bonds. The number of hydrazine groups is 1. The zero-order valence-corrected chi connectivity index (χ0v) is 13.2. The summed E-state index contributed by atoms with van der Waals surface area (Å²) in [7, 11) is 0. The highest BCUT2D eigenvalue weighted by molar-refractivity contribution is 9.10. The number of nitrogens with two attached hydrogens (primary N) is 1. The molecule has 2 aromatic rings. The lowest BCUT2D eigenvalue weighted by Gasteiger charge is -2.17. The molecule has 0 aliphatic carbocycles. The average Bonchev–Trinajstić information content (AvgIpc) is 2.72. The van der Waals surface area contributed by atoms with E-state index < -0.39 is 0 Å². The van der Waals surface area contributed by atoms with Crippen molar-refractivity contribution in [1.82, 2.24) is 5.43 Å². The van der Waals surface area contributed by atoms with Crippen LogP contribution in [0, 0.1) is 0 Å². The second-order valence-electron chi connectivity index (χ2n) is 3.80. The van der Waals surface area contributed by atoms with E-state index in [-0.39, 0.29) is 6.04 Å². The SMILES string of the molecule is NNC(Cc1ccc(Cl)s1)c1ccc(Br)cc1Cl. The summed E-state index contributed by atoms with van der Waals surface area (Å²) in [5.41, 5.74) is 3.78. The van der Waals surface area contributed by atoms with Gasteiger partial charge in [-0.05, 0) is 29.8 Å². The first kappa shape index (κ1) is 14.3. The van der Waals surface area contributed by atoms with Crippen molar-refractivity contribution in [3.05, 3.63) is 54.6 Å². The van der Waals surface area contributed by atoms with Crippen molar-refractivity contribution < 1.29 is 0 Å². The van der Waals surface area contributed by atoms with Gasteiger partial charge in [0.1, 0.15) is 0 Å². The molecule has 1 heterocycles.